The number of allylic oxidation sites excluding steroid dienone is 3. The zero-order valence-corrected chi connectivity index (χ0v) is 17.5. The summed E-state index contributed by atoms with van der Waals surface area (Å²) < 4.78 is 2.16. The van der Waals surface area contributed by atoms with Crippen molar-refractivity contribution in [1.29, 1.82) is 0 Å². The largest absolute Gasteiger partial charge is 0.393 e. The molecule has 2 heterocycles. The van der Waals surface area contributed by atoms with E-state index in [-0.39, 0.29) is 11.5 Å². The van der Waals surface area contributed by atoms with Crippen molar-refractivity contribution in [3.63, 3.8) is 0 Å². The third kappa shape index (κ3) is 2.35. The van der Waals surface area contributed by atoms with E-state index in [0.29, 0.717) is 11.3 Å². The summed E-state index contributed by atoms with van der Waals surface area (Å²) in [5.41, 5.74) is 5.79. The molecular weight excluding hydrogens is 358 g/mol. The molecule has 4 heteroatoms. The maximum atomic E-state index is 10.2. The molecule has 152 valence electrons. The number of fused-ring (bicyclic) bond motifs is 6. The molecule has 2 aromatic heterocycles. The molecule has 2 aromatic rings. The molecular formula is C25H31N3O. The zero-order chi connectivity index (χ0) is 19.8. The molecule has 0 bridgehead atoms. The Morgan fingerprint density at radius 1 is 1.07 bits per heavy atom. The van der Waals surface area contributed by atoms with E-state index in [4.69, 9.17) is 0 Å². The van der Waals surface area contributed by atoms with Gasteiger partial charge >= 0.3 is 0 Å². The lowest BCUT2D eigenvalue weighted by atomic mass is 9.47. The molecule has 0 amide bonds. The lowest BCUT2D eigenvalue weighted by molar-refractivity contribution is -0.0238. The van der Waals surface area contributed by atoms with Crippen molar-refractivity contribution in [3.05, 3.63) is 48.2 Å². The number of aliphatic hydroxyl groups is 1. The van der Waals surface area contributed by atoms with E-state index in [2.05, 4.69) is 40.4 Å². The fraction of sp³-hybridized carbons (Fsp3) is 0.600. The van der Waals surface area contributed by atoms with Crippen LogP contribution in [0.1, 0.15) is 64.5 Å². The van der Waals surface area contributed by atoms with Gasteiger partial charge in [-0.3, -0.25) is 4.40 Å². The van der Waals surface area contributed by atoms with E-state index < -0.39 is 0 Å². The van der Waals surface area contributed by atoms with E-state index in [9.17, 15) is 5.11 Å². The molecule has 0 aliphatic heterocycles. The van der Waals surface area contributed by atoms with Gasteiger partial charge in [-0.1, -0.05) is 31.6 Å². The zero-order valence-electron chi connectivity index (χ0n) is 17.5. The Bertz CT molecular complexity index is 1040. The summed E-state index contributed by atoms with van der Waals surface area (Å²) in [6.07, 6.45) is 18.6. The topological polar surface area (TPSA) is 50.4 Å². The Morgan fingerprint density at radius 2 is 1.93 bits per heavy atom. The van der Waals surface area contributed by atoms with Gasteiger partial charge in [-0.2, -0.15) is 0 Å². The minimum Gasteiger partial charge on any atom is -0.393 e. The fourth-order valence-electron chi connectivity index (χ4n) is 7.64. The van der Waals surface area contributed by atoms with Gasteiger partial charge in [-0.25, -0.2) is 9.97 Å². The highest BCUT2D eigenvalue weighted by molar-refractivity contribution is 5.72. The average molecular weight is 390 g/mol. The van der Waals surface area contributed by atoms with Crippen molar-refractivity contribution < 1.29 is 5.11 Å². The molecule has 0 aromatic carbocycles. The highest BCUT2D eigenvalue weighted by atomic mass is 16.3. The van der Waals surface area contributed by atoms with Gasteiger partial charge in [0.15, 0.2) is 0 Å². The number of aromatic nitrogens is 3. The second kappa shape index (κ2) is 6.04. The van der Waals surface area contributed by atoms with Crippen LogP contribution >= 0.6 is 0 Å². The van der Waals surface area contributed by atoms with Crippen LogP contribution in [0.5, 0.6) is 0 Å². The molecule has 0 spiro atoms. The Hall–Kier alpha value is -1.94. The molecule has 2 fully saturated rings. The van der Waals surface area contributed by atoms with Crippen LogP contribution in [0.4, 0.5) is 0 Å². The molecule has 29 heavy (non-hydrogen) atoms. The van der Waals surface area contributed by atoms with Crippen LogP contribution < -0.4 is 0 Å². The van der Waals surface area contributed by atoms with Crippen LogP contribution in [0.3, 0.4) is 0 Å². The van der Waals surface area contributed by atoms with E-state index in [1.54, 1.807) is 5.57 Å². The molecule has 6 atom stereocenters. The Labute approximate surface area is 172 Å². The molecule has 0 saturated heterocycles. The van der Waals surface area contributed by atoms with Crippen LogP contribution in [-0.2, 0) is 0 Å². The van der Waals surface area contributed by atoms with Gasteiger partial charge in [0.05, 0.1) is 18.0 Å². The molecule has 0 radical (unpaired) electrons. The molecule has 2 saturated carbocycles. The van der Waals surface area contributed by atoms with Gasteiger partial charge in [-0.05, 0) is 85.2 Å². The third-order valence-corrected chi connectivity index (χ3v) is 9.25. The molecule has 1 N–H and O–H groups in total. The number of rotatable bonds is 1. The number of imidazole rings is 1. The SMILES string of the molecule is C[C@]12CC[C@H](O)CC1=CC[C@@H]1[C@@H]2CC[C@]2(C)C(c3cnc4ccncn34)=CC[C@@H]12. The summed E-state index contributed by atoms with van der Waals surface area (Å²) in [6.45, 7) is 5.01. The van der Waals surface area contributed by atoms with Gasteiger partial charge in [0.25, 0.3) is 0 Å². The van der Waals surface area contributed by atoms with Crippen LogP contribution in [0.25, 0.3) is 11.2 Å². The van der Waals surface area contributed by atoms with Crippen molar-refractivity contribution >= 4 is 11.2 Å². The third-order valence-electron chi connectivity index (χ3n) is 9.25. The van der Waals surface area contributed by atoms with Crippen LogP contribution in [0, 0.1) is 28.6 Å². The van der Waals surface area contributed by atoms with Gasteiger partial charge in [-0.15, -0.1) is 0 Å². The quantitative estimate of drug-likeness (QED) is 0.695. The first kappa shape index (κ1) is 17.9. The Kier molecular flexibility index (Phi) is 3.72. The Morgan fingerprint density at radius 3 is 2.83 bits per heavy atom. The average Bonchev–Trinajstić information content (AvgIpc) is 3.29. The standard InChI is InChI=1S/C25H31N3O/c1-24-10-7-17(29)13-16(24)3-4-18-19-5-6-21(25(19,2)11-8-20(18)24)22-14-27-23-9-12-26-15-28(22)23/h3,6,9,12,14-15,17-20,29H,4-5,7-8,10-11,13H2,1-2H3/t17-,18-,19-,20-,24-,25-/m0/s1. The molecule has 4 aliphatic rings. The van der Waals surface area contributed by atoms with E-state index in [1.807, 2.05) is 24.8 Å². The monoisotopic (exact) mass is 389 g/mol. The summed E-state index contributed by atoms with van der Waals surface area (Å²) in [5, 5.41) is 10.2. The van der Waals surface area contributed by atoms with Crippen molar-refractivity contribution in [2.75, 3.05) is 0 Å². The first-order valence-corrected chi connectivity index (χ1v) is 11.4. The second-order valence-corrected chi connectivity index (χ2v) is 10.4. The van der Waals surface area contributed by atoms with E-state index in [0.717, 1.165) is 36.7 Å². The van der Waals surface area contributed by atoms with Gasteiger partial charge in [0, 0.05) is 6.20 Å². The summed E-state index contributed by atoms with van der Waals surface area (Å²) >= 11 is 0. The summed E-state index contributed by atoms with van der Waals surface area (Å²) in [6, 6.07) is 1.99. The van der Waals surface area contributed by atoms with Crippen LogP contribution in [-0.4, -0.2) is 25.6 Å². The minimum absolute atomic E-state index is 0.122. The van der Waals surface area contributed by atoms with Crippen LogP contribution in [0.15, 0.2) is 42.5 Å². The normalized spacial score (nSPS) is 41.3. The van der Waals surface area contributed by atoms with E-state index in [1.165, 1.54) is 37.0 Å². The predicted octanol–water partition coefficient (Wildman–Crippen LogP) is 5.05. The highest BCUT2D eigenvalue weighted by Gasteiger charge is 2.57. The smallest absolute Gasteiger partial charge is 0.139 e. The fourth-order valence-corrected chi connectivity index (χ4v) is 7.64. The summed E-state index contributed by atoms with van der Waals surface area (Å²) in [5.74, 6) is 2.23. The first-order chi connectivity index (χ1) is 14.0. The van der Waals surface area contributed by atoms with E-state index >= 15 is 0 Å². The predicted molar refractivity (Wildman–Crippen MR) is 114 cm³/mol. The van der Waals surface area contributed by atoms with Crippen molar-refractivity contribution in [1.82, 2.24) is 14.4 Å². The maximum Gasteiger partial charge on any atom is 0.139 e. The molecule has 4 nitrogen and oxygen atoms in total. The molecule has 6 rings (SSSR count). The Balaban J connectivity index is 1.36. The van der Waals surface area contributed by atoms with Crippen molar-refractivity contribution in [2.45, 2.75) is 64.9 Å². The van der Waals surface area contributed by atoms with Crippen molar-refractivity contribution in [3.8, 4) is 0 Å². The number of nitrogens with zero attached hydrogens (tertiary/aromatic N) is 3. The lowest BCUT2D eigenvalue weighted by Crippen LogP contribution is -2.49. The van der Waals surface area contributed by atoms with Crippen LogP contribution in [0.2, 0.25) is 0 Å². The number of hydrogen-bond acceptors (Lipinski definition) is 3. The second-order valence-electron chi connectivity index (χ2n) is 10.4. The highest BCUT2D eigenvalue weighted by Crippen LogP contribution is 2.66. The summed E-state index contributed by atoms with van der Waals surface area (Å²) in [7, 11) is 0. The molecule has 0 unspecified atom stereocenters. The number of aliphatic hydroxyl groups excluding tert-OH is 1. The summed E-state index contributed by atoms with van der Waals surface area (Å²) in [4.78, 5) is 8.97. The molecule has 4 aliphatic carbocycles. The lowest BCUT2D eigenvalue weighted by Gasteiger charge is -2.57. The number of hydrogen-bond donors (Lipinski definition) is 1. The van der Waals surface area contributed by atoms with Gasteiger partial charge in [0.1, 0.15) is 12.0 Å². The minimum atomic E-state index is -0.122. The maximum absolute atomic E-state index is 10.2. The van der Waals surface area contributed by atoms with Gasteiger partial charge in [0.2, 0.25) is 0 Å². The first-order valence-electron chi connectivity index (χ1n) is 11.4. The van der Waals surface area contributed by atoms with Crippen molar-refractivity contribution in [2.24, 2.45) is 28.6 Å². The van der Waals surface area contributed by atoms with Gasteiger partial charge < -0.3 is 5.11 Å².